The van der Waals surface area contributed by atoms with Crippen molar-refractivity contribution in [2.24, 2.45) is 0 Å². The average Bonchev–Trinajstić information content (AvgIpc) is 2.42. The monoisotopic (exact) mass is 298 g/mol. The van der Waals surface area contributed by atoms with Crippen molar-refractivity contribution in [1.82, 2.24) is 9.80 Å². The molecule has 0 atom stereocenters. The van der Waals surface area contributed by atoms with E-state index in [0.29, 0.717) is 26.2 Å². The number of hydrogen-bond donors (Lipinski definition) is 2. The quantitative estimate of drug-likeness (QED) is 0.812. The van der Waals surface area contributed by atoms with Crippen LogP contribution in [0.5, 0.6) is 11.5 Å². The van der Waals surface area contributed by atoms with Gasteiger partial charge in [0.15, 0.2) is 0 Å². The van der Waals surface area contributed by atoms with Crippen molar-refractivity contribution in [2.75, 3.05) is 26.2 Å². The average molecular weight is 299 g/mol. The van der Waals surface area contributed by atoms with Gasteiger partial charge in [-0.3, -0.25) is 9.59 Å². The smallest absolute Gasteiger partial charge is 0.257 e. The summed E-state index contributed by atoms with van der Waals surface area (Å²) < 4.78 is 0. The van der Waals surface area contributed by atoms with Crippen molar-refractivity contribution in [2.45, 2.75) is 6.92 Å². The molecule has 1 fully saturated rings. The number of nitrogens with zero attached hydrogens (tertiary/aromatic N) is 2. The fraction of sp³-hybridized carbons (Fsp3) is 0.385. The number of halogens is 1. The van der Waals surface area contributed by atoms with E-state index in [1.165, 1.54) is 13.0 Å². The third-order valence-corrected chi connectivity index (χ3v) is 3.61. The fourth-order valence-electron chi connectivity index (χ4n) is 2.12. The van der Waals surface area contributed by atoms with Crippen molar-refractivity contribution in [3.05, 3.63) is 22.7 Å². The Morgan fingerprint density at radius 2 is 1.60 bits per heavy atom. The Morgan fingerprint density at radius 3 is 2.15 bits per heavy atom. The van der Waals surface area contributed by atoms with Crippen molar-refractivity contribution in [3.8, 4) is 11.5 Å². The minimum atomic E-state index is -0.368. The van der Waals surface area contributed by atoms with Crippen LogP contribution in [0.4, 0.5) is 0 Å². The van der Waals surface area contributed by atoms with Crippen LogP contribution in [-0.4, -0.2) is 58.0 Å². The number of piperazine rings is 1. The molecule has 2 N–H and O–H groups in total. The van der Waals surface area contributed by atoms with Crippen LogP contribution < -0.4 is 0 Å². The number of carbonyl (C=O) groups is 2. The molecular formula is C13H15ClN2O4. The Labute approximate surface area is 121 Å². The molecular weight excluding hydrogens is 284 g/mol. The highest BCUT2D eigenvalue weighted by molar-refractivity contribution is 6.32. The molecule has 0 spiro atoms. The fourth-order valence-corrected chi connectivity index (χ4v) is 2.28. The second-order valence-corrected chi connectivity index (χ2v) is 5.03. The van der Waals surface area contributed by atoms with E-state index in [0.717, 1.165) is 6.07 Å². The summed E-state index contributed by atoms with van der Waals surface area (Å²) in [6.45, 7) is 3.22. The van der Waals surface area contributed by atoms with Crippen LogP contribution in [0.1, 0.15) is 17.3 Å². The molecule has 0 unspecified atom stereocenters. The molecule has 0 bridgehead atoms. The Kier molecular flexibility index (Phi) is 4.04. The second kappa shape index (κ2) is 5.58. The number of hydrogen-bond acceptors (Lipinski definition) is 4. The van der Waals surface area contributed by atoms with Crippen LogP contribution >= 0.6 is 11.6 Å². The second-order valence-electron chi connectivity index (χ2n) is 4.62. The van der Waals surface area contributed by atoms with Crippen molar-refractivity contribution >= 4 is 23.4 Å². The normalized spacial score (nSPS) is 15.3. The molecule has 0 aliphatic carbocycles. The minimum Gasteiger partial charge on any atom is -0.507 e. The molecule has 7 heteroatoms. The van der Waals surface area contributed by atoms with Gasteiger partial charge in [-0.25, -0.2) is 0 Å². The SMILES string of the molecule is CC(=O)N1CCN(C(=O)c2cc(Cl)c(O)cc2O)CC1. The number of aromatic hydroxyl groups is 2. The molecule has 0 saturated carbocycles. The summed E-state index contributed by atoms with van der Waals surface area (Å²) in [7, 11) is 0. The van der Waals surface area contributed by atoms with Gasteiger partial charge in [-0.1, -0.05) is 11.6 Å². The topological polar surface area (TPSA) is 81.1 Å². The first-order chi connectivity index (χ1) is 9.40. The van der Waals surface area contributed by atoms with Crippen LogP contribution in [0.15, 0.2) is 12.1 Å². The third kappa shape index (κ3) is 2.80. The van der Waals surface area contributed by atoms with Gasteiger partial charge in [0.2, 0.25) is 5.91 Å². The zero-order valence-electron chi connectivity index (χ0n) is 11.0. The highest BCUT2D eigenvalue weighted by Crippen LogP contribution is 2.31. The number of carbonyl (C=O) groups excluding carboxylic acids is 2. The molecule has 6 nitrogen and oxygen atoms in total. The lowest BCUT2D eigenvalue weighted by atomic mass is 10.1. The zero-order chi connectivity index (χ0) is 14.9. The molecule has 1 saturated heterocycles. The van der Waals surface area contributed by atoms with Crippen LogP contribution in [0, 0.1) is 0 Å². The van der Waals surface area contributed by atoms with Crippen molar-refractivity contribution < 1.29 is 19.8 Å². The Hall–Kier alpha value is -1.95. The summed E-state index contributed by atoms with van der Waals surface area (Å²) in [5.74, 6) is -0.978. The van der Waals surface area contributed by atoms with E-state index in [-0.39, 0.29) is 33.9 Å². The minimum absolute atomic E-state index is 0.00789. The van der Waals surface area contributed by atoms with Crippen LogP contribution in [-0.2, 0) is 4.79 Å². The maximum Gasteiger partial charge on any atom is 0.257 e. The highest BCUT2D eigenvalue weighted by atomic mass is 35.5. The Morgan fingerprint density at radius 1 is 1.05 bits per heavy atom. The van der Waals surface area contributed by atoms with Gasteiger partial charge in [0.25, 0.3) is 5.91 Å². The van der Waals surface area contributed by atoms with Gasteiger partial charge in [-0.05, 0) is 6.07 Å². The number of amides is 2. The number of phenolic OH excluding ortho intramolecular Hbond substituents is 2. The van der Waals surface area contributed by atoms with E-state index in [4.69, 9.17) is 11.6 Å². The molecule has 108 valence electrons. The summed E-state index contributed by atoms with van der Waals surface area (Å²) in [6, 6.07) is 2.29. The number of rotatable bonds is 1. The van der Waals surface area contributed by atoms with Gasteiger partial charge in [0.1, 0.15) is 11.5 Å². The Balaban J connectivity index is 2.13. The summed E-state index contributed by atoms with van der Waals surface area (Å²) in [5, 5.41) is 19.1. The molecule has 1 aromatic carbocycles. The summed E-state index contributed by atoms with van der Waals surface area (Å²) >= 11 is 5.75. The molecule has 2 amide bonds. The van der Waals surface area contributed by atoms with Gasteiger partial charge in [0, 0.05) is 39.2 Å². The van der Waals surface area contributed by atoms with E-state index in [1.807, 2.05) is 0 Å². The van der Waals surface area contributed by atoms with E-state index in [1.54, 1.807) is 9.80 Å². The largest absolute Gasteiger partial charge is 0.507 e. The molecule has 0 aromatic heterocycles. The summed E-state index contributed by atoms with van der Waals surface area (Å²) in [5.41, 5.74) is 0.0454. The molecule has 2 rings (SSSR count). The molecule has 1 heterocycles. The van der Waals surface area contributed by atoms with Gasteiger partial charge in [-0.15, -0.1) is 0 Å². The first kappa shape index (κ1) is 14.5. The van der Waals surface area contributed by atoms with Gasteiger partial charge < -0.3 is 20.0 Å². The van der Waals surface area contributed by atoms with E-state index >= 15 is 0 Å². The molecule has 1 aromatic rings. The van der Waals surface area contributed by atoms with Crippen molar-refractivity contribution in [1.29, 1.82) is 0 Å². The first-order valence-corrected chi connectivity index (χ1v) is 6.54. The predicted molar refractivity (Wildman–Crippen MR) is 72.9 cm³/mol. The molecule has 20 heavy (non-hydrogen) atoms. The lowest BCUT2D eigenvalue weighted by Gasteiger charge is -2.34. The Bertz CT molecular complexity index is 554. The van der Waals surface area contributed by atoms with Gasteiger partial charge in [-0.2, -0.15) is 0 Å². The summed E-state index contributed by atoms with van der Waals surface area (Å²) in [6.07, 6.45) is 0. The van der Waals surface area contributed by atoms with E-state index < -0.39 is 0 Å². The van der Waals surface area contributed by atoms with E-state index in [2.05, 4.69) is 0 Å². The maximum absolute atomic E-state index is 12.3. The standard InChI is InChI=1S/C13H15ClN2O4/c1-8(17)15-2-4-16(5-3-15)13(20)9-6-10(14)12(19)7-11(9)18/h6-7,18-19H,2-5H2,1H3. The molecule has 1 aliphatic rings. The first-order valence-electron chi connectivity index (χ1n) is 6.16. The molecule has 0 radical (unpaired) electrons. The van der Waals surface area contributed by atoms with Gasteiger partial charge >= 0.3 is 0 Å². The van der Waals surface area contributed by atoms with Crippen LogP contribution in [0.3, 0.4) is 0 Å². The predicted octanol–water partition coefficient (Wildman–Crippen LogP) is 1.06. The van der Waals surface area contributed by atoms with Gasteiger partial charge in [0.05, 0.1) is 10.6 Å². The number of phenols is 2. The van der Waals surface area contributed by atoms with Crippen LogP contribution in [0.25, 0.3) is 0 Å². The maximum atomic E-state index is 12.3. The molecule has 1 aliphatic heterocycles. The van der Waals surface area contributed by atoms with Crippen molar-refractivity contribution in [3.63, 3.8) is 0 Å². The summed E-state index contributed by atoms with van der Waals surface area (Å²) in [4.78, 5) is 26.7. The highest BCUT2D eigenvalue weighted by Gasteiger charge is 2.25. The van der Waals surface area contributed by atoms with E-state index in [9.17, 15) is 19.8 Å². The zero-order valence-corrected chi connectivity index (χ0v) is 11.7. The lowest BCUT2D eigenvalue weighted by molar-refractivity contribution is -0.130. The lowest BCUT2D eigenvalue weighted by Crippen LogP contribution is -2.50. The van der Waals surface area contributed by atoms with Crippen LogP contribution in [0.2, 0.25) is 5.02 Å². The number of benzene rings is 1. The third-order valence-electron chi connectivity index (χ3n) is 3.31.